The van der Waals surface area contributed by atoms with Crippen molar-refractivity contribution in [3.05, 3.63) is 29.3 Å². The maximum Gasteiger partial charge on any atom is 0.122 e. The van der Waals surface area contributed by atoms with Crippen LogP contribution in [0.1, 0.15) is 58.1 Å². The molecule has 2 unspecified atom stereocenters. The molecule has 114 valence electrons. The minimum absolute atomic E-state index is 0.142. The van der Waals surface area contributed by atoms with Crippen molar-refractivity contribution in [1.82, 2.24) is 5.32 Å². The fourth-order valence-corrected chi connectivity index (χ4v) is 2.46. The summed E-state index contributed by atoms with van der Waals surface area (Å²) in [5, 5.41) is 3.65. The van der Waals surface area contributed by atoms with Gasteiger partial charge in [0.25, 0.3) is 0 Å². The van der Waals surface area contributed by atoms with Crippen LogP contribution in [-0.2, 0) is 0 Å². The number of benzene rings is 1. The van der Waals surface area contributed by atoms with Gasteiger partial charge in [-0.2, -0.15) is 0 Å². The van der Waals surface area contributed by atoms with Crippen LogP contribution in [0.4, 0.5) is 0 Å². The molecule has 0 aliphatic rings. The van der Waals surface area contributed by atoms with Crippen molar-refractivity contribution >= 4 is 0 Å². The number of nitrogens with one attached hydrogen (secondary N) is 1. The van der Waals surface area contributed by atoms with E-state index in [-0.39, 0.29) is 5.54 Å². The van der Waals surface area contributed by atoms with Gasteiger partial charge in [0.1, 0.15) is 5.75 Å². The van der Waals surface area contributed by atoms with Crippen LogP contribution in [0.3, 0.4) is 0 Å². The van der Waals surface area contributed by atoms with Gasteiger partial charge < -0.3 is 10.1 Å². The van der Waals surface area contributed by atoms with E-state index in [0.29, 0.717) is 11.8 Å². The lowest BCUT2D eigenvalue weighted by Gasteiger charge is -2.30. The zero-order valence-electron chi connectivity index (χ0n) is 14.2. The number of methoxy groups -OCH3 is 1. The summed E-state index contributed by atoms with van der Waals surface area (Å²) in [5.74, 6) is 2.12. The minimum atomic E-state index is 0.142. The van der Waals surface area contributed by atoms with Crippen LogP contribution in [0, 0.1) is 12.8 Å². The Labute approximate surface area is 124 Å². The van der Waals surface area contributed by atoms with Gasteiger partial charge in [0, 0.05) is 18.0 Å². The van der Waals surface area contributed by atoms with Crippen molar-refractivity contribution in [3.8, 4) is 5.75 Å². The summed E-state index contributed by atoms with van der Waals surface area (Å²) in [6.07, 6.45) is 1.17. The van der Waals surface area contributed by atoms with Crippen molar-refractivity contribution in [3.63, 3.8) is 0 Å². The van der Waals surface area contributed by atoms with Crippen molar-refractivity contribution in [2.24, 2.45) is 5.92 Å². The highest BCUT2D eigenvalue weighted by Crippen LogP contribution is 2.34. The van der Waals surface area contributed by atoms with Crippen LogP contribution in [0.5, 0.6) is 5.75 Å². The molecule has 2 atom stereocenters. The molecule has 20 heavy (non-hydrogen) atoms. The summed E-state index contributed by atoms with van der Waals surface area (Å²) in [6, 6.07) is 6.49. The van der Waals surface area contributed by atoms with Gasteiger partial charge in [-0.1, -0.05) is 38.0 Å². The lowest BCUT2D eigenvalue weighted by atomic mass is 9.84. The van der Waals surface area contributed by atoms with Gasteiger partial charge in [-0.05, 0) is 45.2 Å². The van der Waals surface area contributed by atoms with Crippen LogP contribution in [0.2, 0.25) is 0 Å². The molecule has 1 aromatic rings. The first-order valence-corrected chi connectivity index (χ1v) is 7.68. The fraction of sp³-hybridized carbons (Fsp3) is 0.667. The average molecular weight is 277 g/mol. The van der Waals surface area contributed by atoms with E-state index in [1.807, 2.05) is 0 Å². The second-order valence-electron chi connectivity index (χ2n) is 6.87. The highest BCUT2D eigenvalue weighted by Gasteiger charge is 2.23. The summed E-state index contributed by atoms with van der Waals surface area (Å²) in [7, 11) is 1.76. The quantitative estimate of drug-likeness (QED) is 0.825. The molecule has 0 bridgehead atoms. The molecule has 0 spiro atoms. The molecular formula is C18H31NO. The maximum absolute atomic E-state index is 5.58. The third kappa shape index (κ3) is 4.82. The van der Waals surface area contributed by atoms with Gasteiger partial charge in [-0.25, -0.2) is 0 Å². The SMILES string of the molecule is CCC(C)C(CNC(C)(C)C)c1cc(C)ccc1OC. The molecule has 0 heterocycles. The molecule has 2 heteroatoms. The topological polar surface area (TPSA) is 21.3 Å². The molecular weight excluding hydrogens is 246 g/mol. The van der Waals surface area contributed by atoms with Crippen LogP contribution < -0.4 is 10.1 Å². The second kappa shape index (κ2) is 7.12. The number of hydrogen-bond acceptors (Lipinski definition) is 2. The molecule has 2 nitrogen and oxygen atoms in total. The summed E-state index contributed by atoms with van der Waals surface area (Å²) in [4.78, 5) is 0. The van der Waals surface area contributed by atoms with E-state index in [2.05, 4.69) is 65.1 Å². The van der Waals surface area contributed by atoms with E-state index in [0.717, 1.165) is 12.3 Å². The van der Waals surface area contributed by atoms with E-state index >= 15 is 0 Å². The van der Waals surface area contributed by atoms with Crippen LogP contribution in [0.25, 0.3) is 0 Å². The molecule has 0 saturated heterocycles. The first-order chi connectivity index (χ1) is 9.28. The van der Waals surface area contributed by atoms with E-state index in [1.165, 1.54) is 17.5 Å². The van der Waals surface area contributed by atoms with Gasteiger partial charge >= 0.3 is 0 Å². The molecule has 1 N–H and O–H groups in total. The summed E-state index contributed by atoms with van der Waals surface area (Å²) in [6.45, 7) is 14.4. The molecule has 0 radical (unpaired) electrons. The molecule has 0 fully saturated rings. The van der Waals surface area contributed by atoms with Gasteiger partial charge in [-0.3, -0.25) is 0 Å². The largest absolute Gasteiger partial charge is 0.496 e. The smallest absolute Gasteiger partial charge is 0.122 e. The molecule has 0 aromatic heterocycles. The summed E-state index contributed by atoms with van der Waals surface area (Å²) in [5.41, 5.74) is 2.77. The maximum atomic E-state index is 5.58. The Bertz CT molecular complexity index is 420. The zero-order chi connectivity index (χ0) is 15.3. The summed E-state index contributed by atoms with van der Waals surface area (Å²) < 4.78 is 5.58. The van der Waals surface area contributed by atoms with E-state index in [4.69, 9.17) is 4.74 Å². The van der Waals surface area contributed by atoms with Crippen molar-refractivity contribution in [1.29, 1.82) is 0 Å². The average Bonchev–Trinajstić information content (AvgIpc) is 2.37. The second-order valence-corrected chi connectivity index (χ2v) is 6.87. The Hall–Kier alpha value is -1.02. The van der Waals surface area contributed by atoms with Crippen molar-refractivity contribution < 1.29 is 4.74 Å². The Balaban J connectivity index is 3.07. The summed E-state index contributed by atoms with van der Waals surface area (Å²) >= 11 is 0. The molecule has 1 aromatic carbocycles. The zero-order valence-corrected chi connectivity index (χ0v) is 14.2. The monoisotopic (exact) mass is 277 g/mol. The number of rotatable bonds is 6. The predicted molar refractivity (Wildman–Crippen MR) is 87.7 cm³/mol. The third-order valence-corrected chi connectivity index (χ3v) is 3.97. The van der Waals surface area contributed by atoms with E-state index in [9.17, 15) is 0 Å². The number of aryl methyl sites for hydroxylation is 1. The molecule has 0 amide bonds. The Morgan fingerprint density at radius 1 is 1.25 bits per heavy atom. The minimum Gasteiger partial charge on any atom is -0.496 e. The lowest BCUT2D eigenvalue weighted by Crippen LogP contribution is -2.39. The van der Waals surface area contributed by atoms with Crippen molar-refractivity contribution in [2.75, 3.05) is 13.7 Å². The van der Waals surface area contributed by atoms with Crippen LogP contribution >= 0.6 is 0 Å². The van der Waals surface area contributed by atoms with Gasteiger partial charge in [-0.15, -0.1) is 0 Å². The Morgan fingerprint density at radius 2 is 1.90 bits per heavy atom. The third-order valence-electron chi connectivity index (χ3n) is 3.97. The van der Waals surface area contributed by atoms with Crippen LogP contribution in [-0.4, -0.2) is 19.2 Å². The van der Waals surface area contributed by atoms with E-state index < -0.39 is 0 Å². The van der Waals surface area contributed by atoms with Gasteiger partial charge in [0.05, 0.1) is 7.11 Å². The molecule has 0 aliphatic carbocycles. The number of hydrogen-bond donors (Lipinski definition) is 1. The normalized spacial score (nSPS) is 14.9. The molecule has 0 saturated carbocycles. The number of ether oxygens (including phenoxy) is 1. The van der Waals surface area contributed by atoms with Gasteiger partial charge in [0.15, 0.2) is 0 Å². The molecule has 1 rings (SSSR count). The fourth-order valence-electron chi connectivity index (χ4n) is 2.46. The van der Waals surface area contributed by atoms with Crippen LogP contribution in [0.15, 0.2) is 18.2 Å². The Morgan fingerprint density at radius 3 is 2.40 bits per heavy atom. The first kappa shape index (κ1) is 17.0. The standard InChI is InChI=1S/C18H31NO/c1-8-14(3)16(12-19-18(4,5)6)15-11-13(2)9-10-17(15)20-7/h9-11,14,16,19H,8,12H2,1-7H3. The predicted octanol–water partition coefficient (Wildman–Crippen LogP) is 4.52. The highest BCUT2D eigenvalue weighted by molar-refractivity contribution is 5.40. The van der Waals surface area contributed by atoms with Gasteiger partial charge in [0.2, 0.25) is 0 Å². The van der Waals surface area contributed by atoms with Crippen molar-refractivity contribution in [2.45, 2.75) is 59.4 Å². The lowest BCUT2D eigenvalue weighted by molar-refractivity contribution is 0.342. The van der Waals surface area contributed by atoms with E-state index in [1.54, 1.807) is 7.11 Å². The first-order valence-electron chi connectivity index (χ1n) is 7.68. The highest BCUT2D eigenvalue weighted by atomic mass is 16.5. The Kier molecular flexibility index (Phi) is 6.07. The molecule has 0 aliphatic heterocycles.